The van der Waals surface area contributed by atoms with Crippen LogP contribution in [0.5, 0.6) is 5.75 Å². The Morgan fingerprint density at radius 1 is 1.07 bits per heavy atom. The van der Waals surface area contributed by atoms with Crippen molar-refractivity contribution in [3.05, 3.63) is 61.1 Å². The summed E-state index contributed by atoms with van der Waals surface area (Å²) in [5.74, 6) is 6.77. The molecule has 2 aliphatic heterocycles. The number of fused-ring (bicyclic) bond motifs is 5. The Morgan fingerprint density at radius 3 is 2.81 bits per heavy atom. The molecule has 1 aliphatic carbocycles. The average molecular weight is 569 g/mol. The molecule has 2 aromatic carbocycles. The van der Waals surface area contributed by atoms with Gasteiger partial charge in [-0.15, -0.1) is 0 Å². The number of nitrogens with two attached hydrogens (primary N) is 1. The van der Waals surface area contributed by atoms with Crippen molar-refractivity contribution in [2.75, 3.05) is 0 Å². The van der Waals surface area contributed by atoms with Crippen molar-refractivity contribution in [1.82, 2.24) is 13.2 Å². The van der Waals surface area contributed by atoms with Gasteiger partial charge in [-0.2, -0.15) is 0 Å². The first kappa shape index (κ1) is 16.2. The van der Waals surface area contributed by atoms with E-state index in [4.69, 9.17) is 22.8 Å². The molecule has 3 aliphatic rings. The van der Waals surface area contributed by atoms with Gasteiger partial charge in [0.05, 0.1) is 0 Å². The van der Waals surface area contributed by atoms with Crippen LogP contribution in [0.15, 0.2) is 39.7 Å². The number of nitrogens with one attached hydrogen (secondary N) is 3. The summed E-state index contributed by atoms with van der Waals surface area (Å²) in [6, 6.07) is 11.1. The molecular weight excluding hydrogens is 552 g/mol. The number of ether oxygens (including phenoxy) is 1. The summed E-state index contributed by atoms with van der Waals surface area (Å²) < 4.78 is 13.2. The van der Waals surface area contributed by atoms with Gasteiger partial charge >= 0.3 is 159 Å². The molecule has 5 nitrogen and oxygen atoms in total. The summed E-state index contributed by atoms with van der Waals surface area (Å²) in [5.41, 5.74) is 8.65. The van der Waals surface area contributed by atoms with Crippen LogP contribution in [0.1, 0.15) is 23.1 Å². The quantitative estimate of drug-likeness (QED) is 0.165. The molecule has 27 heavy (non-hydrogen) atoms. The number of hydrazine groups is 1. The van der Waals surface area contributed by atoms with Gasteiger partial charge in [0.15, 0.2) is 0 Å². The maximum absolute atomic E-state index is 6.16. The van der Waals surface area contributed by atoms with Crippen LogP contribution < -0.4 is 13.8 Å². The van der Waals surface area contributed by atoms with E-state index in [0.717, 1.165) is 23.4 Å². The molecule has 6 rings (SSSR count). The van der Waals surface area contributed by atoms with Gasteiger partial charge in [0.2, 0.25) is 0 Å². The van der Waals surface area contributed by atoms with Crippen molar-refractivity contribution in [3.8, 4) is 28.1 Å². The summed E-state index contributed by atoms with van der Waals surface area (Å²) in [5, 5.41) is 0. The molecule has 0 unspecified atom stereocenters. The summed E-state index contributed by atoms with van der Waals surface area (Å²) in [6.45, 7) is 0.591. The van der Waals surface area contributed by atoms with Crippen LogP contribution >= 0.6 is 12.2 Å². The Bertz CT molecular complexity index is 1210. The second-order valence-corrected chi connectivity index (χ2v) is 15.9. The molecule has 3 aromatic rings. The number of aryl methyl sites for hydroxylation is 1. The summed E-state index contributed by atoms with van der Waals surface area (Å²) in [6.07, 6.45) is 4.21. The SMILES string of the molecule is N[NH][Pb]1[C]2=[C]1c1cc3c(cc1CC2)-c1ccc(-c2c[nH]c(=S)[nH]2)cc1CO3. The Kier molecular flexibility index (Phi) is 3.53. The number of rotatable bonds is 2. The van der Waals surface area contributed by atoms with E-state index < -0.39 is 23.0 Å². The third kappa shape index (κ3) is 2.43. The molecule has 0 saturated carbocycles. The van der Waals surface area contributed by atoms with E-state index in [0.29, 0.717) is 11.4 Å². The molecule has 1 radical (unpaired) electrons. The number of hydrogen-bond acceptors (Lipinski definition) is 4. The predicted molar refractivity (Wildman–Crippen MR) is 109 cm³/mol. The predicted octanol–water partition coefficient (Wildman–Crippen LogP) is 3.55. The van der Waals surface area contributed by atoms with Crippen molar-refractivity contribution in [3.63, 3.8) is 0 Å². The van der Waals surface area contributed by atoms with Gasteiger partial charge in [0.25, 0.3) is 0 Å². The Hall–Kier alpha value is -1.75. The fourth-order valence-corrected chi connectivity index (χ4v) is 14.1. The molecule has 0 amide bonds. The van der Waals surface area contributed by atoms with Gasteiger partial charge in [-0.05, 0) is 12.2 Å². The minimum absolute atomic E-state index is 0.591. The van der Waals surface area contributed by atoms with Crippen molar-refractivity contribution in [2.24, 2.45) is 5.84 Å². The van der Waals surface area contributed by atoms with Crippen LogP contribution in [0.4, 0.5) is 0 Å². The van der Waals surface area contributed by atoms with E-state index in [1.807, 2.05) is 6.20 Å². The van der Waals surface area contributed by atoms with Crippen LogP contribution in [0.3, 0.4) is 0 Å². The number of hydrogen-bond donors (Lipinski definition) is 4. The van der Waals surface area contributed by atoms with E-state index in [1.54, 1.807) is 6.26 Å². The number of benzene rings is 2. The van der Waals surface area contributed by atoms with Crippen molar-refractivity contribution in [2.45, 2.75) is 19.4 Å². The van der Waals surface area contributed by atoms with E-state index >= 15 is 0 Å². The van der Waals surface area contributed by atoms with E-state index in [-0.39, 0.29) is 0 Å². The molecule has 0 saturated heterocycles. The molecule has 0 spiro atoms. The monoisotopic (exact) mass is 569 g/mol. The van der Waals surface area contributed by atoms with Gasteiger partial charge in [-0.25, -0.2) is 0 Å². The van der Waals surface area contributed by atoms with Crippen LogP contribution in [-0.2, 0) is 13.0 Å². The summed E-state index contributed by atoms with van der Waals surface area (Å²) in [4.78, 5) is 6.21. The number of aromatic nitrogens is 2. The molecule has 0 bridgehead atoms. The summed E-state index contributed by atoms with van der Waals surface area (Å²) in [7, 11) is 0. The first-order chi connectivity index (χ1) is 13.2. The van der Waals surface area contributed by atoms with Crippen molar-refractivity contribution in [1.29, 1.82) is 0 Å². The fourth-order valence-electron chi connectivity index (χ4n) is 4.37. The Balaban J connectivity index is 1.44. The molecule has 1 aromatic heterocycles. The first-order valence-electron chi connectivity index (χ1n) is 9.02. The normalized spacial score (nSPS) is 16.9. The van der Waals surface area contributed by atoms with E-state index in [2.05, 4.69) is 43.5 Å². The van der Waals surface area contributed by atoms with Crippen molar-refractivity contribution < 1.29 is 4.74 Å². The zero-order valence-corrected chi connectivity index (χ0v) is 19.2. The zero-order chi connectivity index (χ0) is 18.1. The van der Waals surface area contributed by atoms with Gasteiger partial charge < -0.3 is 0 Å². The van der Waals surface area contributed by atoms with E-state index in [1.165, 1.54) is 34.2 Å². The Morgan fingerprint density at radius 2 is 2.00 bits per heavy atom. The summed E-state index contributed by atoms with van der Waals surface area (Å²) >= 11 is 3.23. The van der Waals surface area contributed by atoms with Crippen LogP contribution in [0, 0.1) is 4.77 Å². The fraction of sp³-hybridized carbons (Fsp3) is 0.150. The molecule has 5 N–H and O–H groups in total. The first-order valence-corrected chi connectivity index (χ1v) is 15.3. The second kappa shape index (κ2) is 5.87. The van der Waals surface area contributed by atoms with Crippen molar-refractivity contribution >= 4 is 38.4 Å². The van der Waals surface area contributed by atoms with E-state index in [9.17, 15) is 0 Å². The number of aromatic amines is 2. The molecule has 3 heterocycles. The number of imidazole rings is 1. The third-order valence-electron chi connectivity index (χ3n) is 5.74. The number of H-pyrrole nitrogens is 2. The van der Waals surface area contributed by atoms with Gasteiger partial charge in [-0.1, -0.05) is 0 Å². The molecule has 133 valence electrons. The number of allylic oxidation sites excluding steroid dienone is 1. The van der Waals surface area contributed by atoms with Gasteiger partial charge in [0, 0.05) is 0 Å². The molecule has 7 heteroatoms. The Labute approximate surface area is 170 Å². The third-order valence-corrected chi connectivity index (χ3v) is 14.6. The van der Waals surface area contributed by atoms with Crippen LogP contribution in [-0.4, -0.2) is 33.0 Å². The maximum atomic E-state index is 6.16. The minimum atomic E-state index is -1.92. The van der Waals surface area contributed by atoms with Crippen LogP contribution in [0.2, 0.25) is 0 Å². The standard InChI is InChI=1S/C20H14N2OS.H3N2.Pb/c24-20-21-10-18(22-20)14-5-6-16-15(7-14)11-23-19-9-13-4-2-1-3-12(13)8-17(16)19;1-2;/h5-10H,1,3,11H2,(H2,21,22,24);1H,2H2;/q;-1;+1. The van der Waals surface area contributed by atoms with Gasteiger partial charge in [-0.3, -0.25) is 0 Å². The topological polar surface area (TPSA) is 78.9 Å². The molecule has 0 fully saturated rings. The van der Waals surface area contributed by atoms with Crippen LogP contribution in [0.25, 0.3) is 25.5 Å². The van der Waals surface area contributed by atoms with Gasteiger partial charge in [0.1, 0.15) is 0 Å². The second-order valence-electron chi connectivity index (χ2n) is 7.20. The molecular formula is C20H17N4OPbS. The average Bonchev–Trinajstić information content (AvgIpc) is 3.27. The molecule has 0 atom stereocenters. The zero-order valence-electron chi connectivity index (χ0n) is 14.5.